The maximum Gasteiger partial charge on any atom is 0.142 e. The molecule has 0 unspecified atom stereocenters. The van der Waals surface area contributed by atoms with Gasteiger partial charge in [-0.3, -0.25) is 4.98 Å². The van der Waals surface area contributed by atoms with E-state index >= 15 is 0 Å². The fourth-order valence-electron chi connectivity index (χ4n) is 1.90. The fourth-order valence-corrected chi connectivity index (χ4v) is 1.90. The average molecular weight is 296 g/mol. The summed E-state index contributed by atoms with van der Waals surface area (Å²) in [5.74, 6) is 0.728. The van der Waals surface area contributed by atoms with Crippen molar-refractivity contribution in [2.24, 2.45) is 0 Å². The van der Waals surface area contributed by atoms with E-state index in [1.165, 1.54) is 0 Å². The molecule has 0 bridgehead atoms. The molecule has 5 heteroatoms. The van der Waals surface area contributed by atoms with Gasteiger partial charge in [0.1, 0.15) is 12.4 Å². The Morgan fingerprint density at radius 1 is 1.29 bits per heavy atom. The van der Waals surface area contributed by atoms with E-state index in [-0.39, 0.29) is 6.61 Å². The van der Waals surface area contributed by atoms with Crippen molar-refractivity contribution >= 4 is 0 Å². The minimum absolute atomic E-state index is 0.288. The molecule has 0 radical (unpaired) electrons. The maximum atomic E-state index is 10.3. The Morgan fingerprint density at radius 2 is 2.00 bits per heavy atom. The van der Waals surface area contributed by atoms with Crippen molar-refractivity contribution in [2.75, 3.05) is 26.9 Å². The van der Waals surface area contributed by atoms with Crippen LogP contribution in [0.1, 0.15) is 38.1 Å². The molecule has 0 spiro atoms. The number of pyridine rings is 1. The zero-order chi connectivity index (χ0) is 15.7. The molecular formula is C16H28N2O3. The lowest BCUT2D eigenvalue weighted by molar-refractivity contribution is -0.0117. The van der Waals surface area contributed by atoms with Crippen LogP contribution in [0, 0.1) is 6.92 Å². The highest BCUT2D eigenvalue weighted by Crippen LogP contribution is 2.21. The molecule has 0 aliphatic heterocycles. The predicted molar refractivity (Wildman–Crippen MR) is 83.6 cm³/mol. The number of ether oxygens (including phenoxy) is 2. The summed E-state index contributed by atoms with van der Waals surface area (Å²) >= 11 is 0. The highest BCUT2D eigenvalue weighted by Gasteiger charge is 2.23. The van der Waals surface area contributed by atoms with Crippen LogP contribution < -0.4 is 10.1 Å². The van der Waals surface area contributed by atoms with Crippen LogP contribution in [0.2, 0.25) is 0 Å². The van der Waals surface area contributed by atoms with Crippen LogP contribution in [-0.4, -0.2) is 42.6 Å². The smallest absolute Gasteiger partial charge is 0.142 e. The molecule has 1 heterocycles. The number of rotatable bonds is 10. The molecule has 0 aliphatic carbocycles. The quantitative estimate of drug-likeness (QED) is 0.647. The van der Waals surface area contributed by atoms with E-state index in [1.54, 1.807) is 7.11 Å². The van der Waals surface area contributed by atoms with E-state index in [1.807, 2.05) is 32.9 Å². The summed E-state index contributed by atoms with van der Waals surface area (Å²) in [6, 6.07) is 3.84. The summed E-state index contributed by atoms with van der Waals surface area (Å²) in [5, 5.41) is 13.6. The monoisotopic (exact) mass is 296 g/mol. The Bertz CT molecular complexity index is 420. The average Bonchev–Trinajstić information content (AvgIpc) is 2.50. The van der Waals surface area contributed by atoms with Gasteiger partial charge in [0.25, 0.3) is 0 Å². The summed E-state index contributed by atoms with van der Waals surface area (Å²) < 4.78 is 10.8. The topological polar surface area (TPSA) is 63.6 Å². The van der Waals surface area contributed by atoms with E-state index in [0.717, 1.165) is 23.7 Å². The Morgan fingerprint density at radius 3 is 2.62 bits per heavy atom. The number of aromatic nitrogens is 1. The number of nitrogens with zero attached hydrogens (tertiary/aromatic N) is 1. The van der Waals surface area contributed by atoms with Gasteiger partial charge in [-0.1, -0.05) is 13.8 Å². The molecule has 1 aromatic heterocycles. The molecule has 0 amide bonds. The first-order chi connectivity index (χ1) is 10.0. The molecule has 1 aromatic rings. The predicted octanol–water partition coefficient (Wildman–Crippen LogP) is 2.06. The molecule has 2 N–H and O–H groups in total. The van der Waals surface area contributed by atoms with Crippen molar-refractivity contribution in [3.05, 3.63) is 23.5 Å². The number of methoxy groups -OCH3 is 1. The zero-order valence-electron chi connectivity index (χ0n) is 13.6. The van der Waals surface area contributed by atoms with Crippen LogP contribution in [0.5, 0.6) is 5.75 Å². The van der Waals surface area contributed by atoms with Gasteiger partial charge in [0, 0.05) is 25.9 Å². The first-order valence-corrected chi connectivity index (χ1v) is 7.56. The highest BCUT2D eigenvalue weighted by atomic mass is 16.5. The normalized spacial score (nSPS) is 11.7. The largest absolute Gasteiger partial charge is 0.489 e. The fraction of sp³-hybridized carbons (Fsp3) is 0.688. The molecule has 0 aromatic carbocycles. The standard InChI is InChI=1S/C16H28N2O3/c1-5-16(19,6-2)12-21-15-8-7-13(3)18-14(15)11-17-9-10-20-4/h7-8,17,19H,5-6,9-12H2,1-4H3. The molecule has 21 heavy (non-hydrogen) atoms. The van der Waals surface area contributed by atoms with Gasteiger partial charge in [0.2, 0.25) is 0 Å². The minimum Gasteiger partial charge on any atom is -0.489 e. The summed E-state index contributed by atoms with van der Waals surface area (Å²) in [6.45, 7) is 8.22. The number of nitrogens with one attached hydrogen (secondary N) is 1. The van der Waals surface area contributed by atoms with E-state index in [2.05, 4.69) is 10.3 Å². The molecule has 120 valence electrons. The second-order valence-corrected chi connectivity index (χ2v) is 5.29. The molecule has 0 saturated heterocycles. The van der Waals surface area contributed by atoms with Crippen molar-refractivity contribution in [1.29, 1.82) is 0 Å². The summed E-state index contributed by atoms with van der Waals surface area (Å²) in [4.78, 5) is 4.51. The maximum absolute atomic E-state index is 10.3. The van der Waals surface area contributed by atoms with E-state index in [0.29, 0.717) is 26.0 Å². The Hall–Kier alpha value is -1.17. The Kier molecular flexibility index (Phi) is 7.64. The number of aliphatic hydroxyl groups is 1. The third-order valence-electron chi connectivity index (χ3n) is 3.66. The van der Waals surface area contributed by atoms with Gasteiger partial charge in [0.05, 0.1) is 17.9 Å². The van der Waals surface area contributed by atoms with Crippen molar-refractivity contribution in [2.45, 2.75) is 45.8 Å². The first kappa shape index (κ1) is 17.9. The third kappa shape index (κ3) is 5.99. The molecule has 0 saturated carbocycles. The van der Waals surface area contributed by atoms with Gasteiger partial charge >= 0.3 is 0 Å². The SMILES string of the molecule is CCC(O)(CC)COc1ccc(C)nc1CNCCOC. The zero-order valence-corrected chi connectivity index (χ0v) is 13.6. The van der Waals surface area contributed by atoms with Crippen molar-refractivity contribution < 1.29 is 14.6 Å². The third-order valence-corrected chi connectivity index (χ3v) is 3.66. The molecular weight excluding hydrogens is 268 g/mol. The second kappa shape index (κ2) is 8.97. The lowest BCUT2D eigenvalue weighted by Gasteiger charge is -2.25. The van der Waals surface area contributed by atoms with Gasteiger partial charge in [-0.15, -0.1) is 0 Å². The van der Waals surface area contributed by atoms with Crippen LogP contribution >= 0.6 is 0 Å². The molecule has 5 nitrogen and oxygen atoms in total. The molecule has 0 fully saturated rings. The van der Waals surface area contributed by atoms with Gasteiger partial charge in [-0.2, -0.15) is 0 Å². The van der Waals surface area contributed by atoms with E-state index in [4.69, 9.17) is 9.47 Å². The lowest BCUT2D eigenvalue weighted by atomic mass is 9.99. The minimum atomic E-state index is -0.772. The van der Waals surface area contributed by atoms with Crippen LogP contribution in [0.15, 0.2) is 12.1 Å². The van der Waals surface area contributed by atoms with E-state index in [9.17, 15) is 5.11 Å². The van der Waals surface area contributed by atoms with Crippen LogP contribution in [0.25, 0.3) is 0 Å². The van der Waals surface area contributed by atoms with Crippen molar-refractivity contribution in [1.82, 2.24) is 10.3 Å². The first-order valence-electron chi connectivity index (χ1n) is 7.56. The van der Waals surface area contributed by atoms with Crippen LogP contribution in [0.3, 0.4) is 0 Å². The van der Waals surface area contributed by atoms with Crippen LogP contribution in [0.4, 0.5) is 0 Å². The Balaban J connectivity index is 2.67. The van der Waals surface area contributed by atoms with Crippen molar-refractivity contribution in [3.8, 4) is 5.75 Å². The van der Waals surface area contributed by atoms with Gasteiger partial charge < -0.3 is 19.9 Å². The summed E-state index contributed by atoms with van der Waals surface area (Å²) in [5.41, 5.74) is 1.04. The second-order valence-electron chi connectivity index (χ2n) is 5.29. The highest BCUT2D eigenvalue weighted by molar-refractivity contribution is 5.29. The Labute approximate surface area is 127 Å². The van der Waals surface area contributed by atoms with Gasteiger partial charge in [-0.25, -0.2) is 0 Å². The van der Waals surface area contributed by atoms with Crippen molar-refractivity contribution in [3.63, 3.8) is 0 Å². The number of hydrogen-bond acceptors (Lipinski definition) is 5. The number of hydrogen-bond donors (Lipinski definition) is 2. The summed E-state index contributed by atoms with van der Waals surface area (Å²) in [6.07, 6.45) is 1.34. The summed E-state index contributed by atoms with van der Waals surface area (Å²) in [7, 11) is 1.68. The molecule has 0 atom stereocenters. The van der Waals surface area contributed by atoms with Gasteiger partial charge in [0.15, 0.2) is 0 Å². The molecule has 1 rings (SSSR count). The molecule has 0 aliphatic rings. The lowest BCUT2D eigenvalue weighted by Crippen LogP contribution is -2.34. The van der Waals surface area contributed by atoms with Crippen LogP contribution in [-0.2, 0) is 11.3 Å². The van der Waals surface area contributed by atoms with Gasteiger partial charge in [-0.05, 0) is 31.9 Å². The van der Waals surface area contributed by atoms with E-state index < -0.39 is 5.60 Å². The number of aryl methyl sites for hydroxylation is 1.